The van der Waals surface area contributed by atoms with Gasteiger partial charge in [0.2, 0.25) is 5.91 Å². The molecule has 0 aromatic carbocycles. The Morgan fingerprint density at radius 2 is 2.19 bits per heavy atom. The minimum atomic E-state index is 0.0509. The maximum absolute atomic E-state index is 12.7. The predicted molar refractivity (Wildman–Crippen MR) is 97.3 cm³/mol. The first kappa shape index (κ1) is 17.1. The molecule has 2 aromatic heterocycles. The van der Waals surface area contributed by atoms with Crippen LogP contribution in [0.4, 0.5) is 0 Å². The van der Waals surface area contributed by atoms with Crippen LogP contribution in [0.3, 0.4) is 0 Å². The van der Waals surface area contributed by atoms with Crippen molar-refractivity contribution in [3.8, 4) is 0 Å². The number of hydrogen-bond donors (Lipinski definition) is 2. The van der Waals surface area contributed by atoms with E-state index in [1.807, 2.05) is 19.2 Å². The highest BCUT2D eigenvalue weighted by molar-refractivity contribution is 5.79. The van der Waals surface area contributed by atoms with Gasteiger partial charge in [0.15, 0.2) is 5.82 Å². The smallest absolute Gasteiger partial charge is 0.223 e. The number of aryl methyl sites for hydroxylation is 1. The number of pyridine rings is 1. The molecule has 0 unspecified atom stereocenters. The molecule has 2 atom stereocenters. The molecule has 1 aliphatic carbocycles. The molecule has 1 saturated heterocycles. The molecule has 7 nitrogen and oxygen atoms in total. The van der Waals surface area contributed by atoms with Crippen LogP contribution in [0.25, 0.3) is 0 Å². The summed E-state index contributed by atoms with van der Waals surface area (Å²) in [6, 6.07) is 4.10. The van der Waals surface area contributed by atoms with Gasteiger partial charge in [-0.3, -0.25) is 19.8 Å². The van der Waals surface area contributed by atoms with Gasteiger partial charge in [-0.2, -0.15) is 5.10 Å². The Hall–Kier alpha value is -2.28. The zero-order valence-electron chi connectivity index (χ0n) is 15.2. The molecule has 4 rings (SSSR count). The van der Waals surface area contributed by atoms with E-state index in [4.69, 9.17) is 0 Å². The molecule has 2 aliphatic rings. The van der Waals surface area contributed by atoms with E-state index in [-0.39, 0.29) is 23.8 Å². The van der Waals surface area contributed by atoms with E-state index in [2.05, 4.69) is 36.4 Å². The lowest BCUT2D eigenvalue weighted by molar-refractivity contribution is -0.125. The number of rotatable bonds is 5. The highest BCUT2D eigenvalue weighted by Crippen LogP contribution is 2.29. The van der Waals surface area contributed by atoms with Gasteiger partial charge in [0.1, 0.15) is 5.82 Å². The maximum Gasteiger partial charge on any atom is 0.223 e. The van der Waals surface area contributed by atoms with Gasteiger partial charge in [-0.15, -0.1) is 0 Å². The molecule has 0 bridgehead atoms. The summed E-state index contributed by atoms with van der Waals surface area (Å²) in [4.78, 5) is 23.7. The van der Waals surface area contributed by atoms with Gasteiger partial charge in [-0.25, -0.2) is 4.98 Å². The largest absolute Gasteiger partial charge is 0.351 e. The monoisotopic (exact) mass is 354 g/mol. The third kappa shape index (κ3) is 3.77. The molecule has 1 aliphatic heterocycles. The highest BCUT2D eigenvalue weighted by Gasteiger charge is 2.38. The quantitative estimate of drug-likeness (QED) is 0.855. The molecule has 3 heterocycles. The van der Waals surface area contributed by atoms with Crippen LogP contribution in [0.15, 0.2) is 24.5 Å². The Kier molecular flexibility index (Phi) is 4.97. The standard InChI is InChI=1S/C19H26N6O/c1-13-21-18(24-23-13)16-11-25(10-14-5-4-8-20-9-14)12-17(16)22-19(26)15-6-2-3-7-15/h4-5,8-9,15-17H,2-3,6-7,10-12H2,1H3,(H,22,26)(H,21,23,24)/t16-,17-/m1/s1. The molecule has 0 spiro atoms. The van der Waals surface area contributed by atoms with E-state index in [9.17, 15) is 4.79 Å². The van der Waals surface area contributed by atoms with Crippen molar-refractivity contribution in [3.63, 3.8) is 0 Å². The van der Waals surface area contributed by atoms with E-state index in [0.29, 0.717) is 0 Å². The van der Waals surface area contributed by atoms with Gasteiger partial charge in [0, 0.05) is 37.9 Å². The predicted octanol–water partition coefficient (Wildman–Crippen LogP) is 1.78. The van der Waals surface area contributed by atoms with E-state index in [0.717, 1.165) is 44.1 Å². The van der Waals surface area contributed by atoms with Crippen molar-refractivity contribution in [3.05, 3.63) is 41.7 Å². The average Bonchev–Trinajstić information content (AvgIpc) is 3.37. The first-order valence-corrected chi connectivity index (χ1v) is 9.49. The Balaban J connectivity index is 1.48. The summed E-state index contributed by atoms with van der Waals surface area (Å²) in [5.41, 5.74) is 1.18. The summed E-state index contributed by atoms with van der Waals surface area (Å²) >= 11 is 0. The molecular weight excluding hydrogens is 328 g/mol. The van der Waals surface area contributed by atoms with E-state index >= 15 is 0 Å². The average molecular weight is 354 g/mol. The van der Waals surface area contributed by atoms with E-state index in [1.54, 1.807) is 6.20 Å². The first-order chi connectivity index (χ1) is 12.7. The van der Waals surface area contributed by atoms with Crippen LogP contribution in [0, 0.1) is 12.8 Å². The van der Waals surface area contributed by atoms with Crippen molar-refractivity contribution in [2.24, 2.45) is 5.92 Å². The molecule has 26 heavy (non-hydrogen) atoms. The number of aromatic amines is 1. The van der Waals surface area contributed by atoms with E-state index in [1.165, 1.54) is 18.4 Å². The zero-order valence-corrected chi connectivity index (χ0v) is 15.2. The number of nitrogens with one attached hydrogen (secondary N) is 2. The molecule has 7 heteroatoms. The summed E-state index contributed by atoms with van der Waals surface area (Å²) in [5.74, 6) is 2.10. The zero-order chi connectivity index (χ0) is 17.9. The Labute approximate surface area is 153 Å². The van der Waals surface area contributed by atoms with Gasteiger partial charge in [0.05, 0.1) is 12.0 Å². The number of H-pyrrole nitrogens is 1. The van der Waals surface area contributed by atoms with Gasteiger partial charge in [0.25, 0.3) is 0 Å². The number of hydrogen-bond acceptors (Lipinski definition) is 5. The number of likely N-dealkylation sites (tertiary alicyclic amines) is 1. The van der Waals surface area contributed by atoms with Crippen LogP contribution in [-0.2, 0) is 11.3 Å². The number of amides is 1. The van der Waals surface area contributed by atoms with Gasteiger partial charge >= 0.3 is 0 Å². The molecular formula is C19H26N6O. The Morgan fingerprint density at radius 1 is 1.35 bits per heavy atom. The molecule has 2 N–H and O–H groups in total. The third-order valence-corrected chi connectivity index (χ3v) is 5.52. The van der Waals surface area contributed by atoms with E-state index < -0.39 is 0 Å². The number of nitrogens with zero attached hydrogens (tertiary/aromatic N) is 4. The normalized spacial score (nSPS) is 24.2. The minimum absolute atomic E-state index is 0.0509. The van der Waals surface area contributed by atoms with Crippen LogP contribution < -0.4 is 5.32 Å². The number of carbonyl (C=O) groups excluding carboxylic acids is 1. The second-order valence-corrected chi connectivity index (χ2v) is 7.54. The second-order valence-electron chi connectivity index (χ2n) is 7.54. The fourth-order valence-electron chi connectivity index (χ4n) is 4.19. The van der Waals surface area contributed by atoms with Crippen LogP contribution in [0.2, 0.25) is 0 Å². The summed E-state index contributed by atoms with van der Waals surface area (Å²) < 4.78 is 0. The third-order valence-electron chi connectivity index (χ3n) is 5.52. The van der Waals surface area contributed by atoms with Crippen molar-refractivity contribution in [1.82, 2.24) is 30.4 Å². The molecule has 138 valence electrons. The molecule has 2 fully saturated rings. The lowest BCUT2D eigenvalue weighted by Gasteiger charge is -2.20. The van der Waals surface area contributed by atoms with Gasteiger partial charge in [-0.1, -0.05) is 18.9 Å². The van der Waals surface area contributed by atoms with Gasteiger partial charge < -0.3 is 5.32 Å². The number of aromatic nitrogens is 4. The van der Waals surface area contributed by atoms with Crippen LogP contribution >= 0.6 is 0 Å². The van der Waals surface area contributed by atoms with Crippen LogP contribution in [-0.4, -0.2) is 50.1 Å². The lowest BCUT2D eigenvalue weighted by Crippen LogP contribution is -2.42. The molecule has 1 saturated carbocycles. The van der Waals surface area contributed by atoms with Crippen LogP contribution in [0.1, 0.15) is 48.8 Å². The minimum Gasteiger partial charge on any atom is -0.351 e. The summed E-state index contributed by atoms with van der Waals surface area (Å²) in [5, 5.41) is 10.6. The van der Waals surface area contributed by atoms with Crippen molar-refractivity contribution < 1.29 is 4.79 Å². The fourth-order valence-corrected chi connectivity index (χ4v) is 4.19. The summed E-state index contributed by atoms with van der Waals surface area (Å²) in [6.07, 6.45) is 8.05. The van der Waals surface area contributed by atoms with Crippen molar-refractivity contribution in [1.29, 1.82) is 0 Å². The summed E-state index contributed by atoms with van der Waals surface area (Å²) in [6.45, 7) is 4.38. The molecule has 2 aromatic rings. The SMILES string of the molecule is Cc1nc([C@@H]2CN(Cc3cccnc3)C[C@H]2NC(=O)C2CCCC2)n[nH]1. The topological polar surface area (TPSA) is 86.8 Å². The Morgan fingerprint density at radius 3 is 2.88 bits per heavy atom. The fraction of sp³-hybridized carbons (Fsp3) is 0.579. The lowest BCUT2D eigenvalue weighted by atomic mass is 10.0. The van der Waals surface area contributed by atoms with Crippen molar-refractivity contribution in [2.75, 3.05) is 13.1 Å². The van der Waals surface area contributed by atoms with Crippen LogP contribution in [0.5, 0.6) is 0 Å². The molecule has 0 radical (unpaired) electrons. The first-order valence-electron chi connectivity index (χ1n) is 9.49. The maximum atomic E-state index is 12.7. The number of carbonyl (C=O) groups is 1. The summed E-state index contributed by atoms with van der Waals surface area (Å²) in [7, 11) is 0. The van der Waals surface area contributed by atoms with Crippen molar-refractivity contribution in [2.45, 2.75) is 51.1 Å². The Bertz CT molecular complexity index is 739. The van der Waals surface area contributed by atoms with Gasteiger partial charge in [-0.05, 0) is 31.4 Å². The van der Waals surface area contributed by atoms with Crippen molar-refractivity contribution >= 4 is 5.91 Å². The second kappa shape index (κ2) is 7.53. The highest BCUT2D eigenvalue weighted by atomic mass is 16.2. The molecule has 1 amide bonds.